The minimum absolute atomic E-state index is 0.191. The Balaban J connectivity index is 1.83. The summed E-state index contributed by atoms with van der Waals surface area (Å²) in [6.07, 6.45) is 0.508. The van der Waals surface area contributed by atoms with Crippen LogP contribution >= 0.6 is 0 Å². The van der Waals surface area contributed by atoms with Crippen molar-refractivity contribution in [2.75, 3.05) is 20.2 Å². The lowest BCUT2D eigenvalue weighted by Crippen LogP contribution is -2.45. The van der Waals surface area contributed by atoms with Crippen LogP contribution in [-0.4, -0.2) is 49.0 Å². The summed E-state index contributed by atoms with van der Waals surface area (Å²) < 4.78 is 23.3. The predicted molar refractivity (Wildman–Crippen MR) is 96.1 cm³/mol. The fourth-order valence-corrected chi connectivity index (χ4v) is 3.20. The van der Waals surface area contributed by atoms with Crippen LogP contribution in [0.25, 0.3) is 0 Å². The number of benzene rings is 1. The summed E-state index contributed by atoms with van der Waals surface area (Å²) in [4.78, 5) is 37.9. The van der Waals surface area contributed by atoms with Gasteiger partial charge in [0.05, 0.1) is 18.9 Å². The summed E-state index contributed by atoms with van der Waals surface area (Å²) in [5.41, 5.74) is 0.698. The van der Waals surface area contributed by atoms with Crippen LogP contribution in [-0.2, 0) is 30.3 Å². The first-order valence-electron chi connectivity index (χ1n) is 9.13. The van der Waals surface area contributed by atoms with Crippen LogP contribution in [0.15, 0.2) is 24.3 Å². The number of hydrogen-bond acceptors (Lipinski definition) is 5. The first-order valence-corrected chi connectivity index (χ1v) is 9.13. The number of carbonyl (C=O) groups excluding carboxylic acids is 3. The zero-order valence-electron chi connectivity index (χ0n) is 15.9. The molecule has 1 aliphatic rings. The van der Waals surface area contributed by atoms with Crippen molar-refractivity contribution in [3.05, 3.63) is 35.6 Å². The van der Waals surface area contributed by atoms with E-state index in [1.807, 2.05) is 0 Å². The minimum Gasteiger partial charge on any atom is -0.469 e. The second-order valence-electron chi connectivity index (χ2n) is 6.94. The van der Waals surface area contributed by atoms with Gasteiger partial charge in [0.1, 0.15) is 5.82 Å². The Labute approximate surface area is 158 Å². The van der Waals surface area contributed by atoms with E-state index in [2.05, 4.69) is 0 Å². The highest BCUT2D eigenvalue weighted by Crippen LogP contribution is 2.20. The quantitative estimate of drug-likeness (QED) is 0.710. The lowest BCUT2D eigenvalue weighted by Gasteiger charge is -2.32. The van der Waals surface area contributed by atoms with Crippen molar-refractivity contribution in [1.29, 1.82) is 0 Å². The summed E-state index contributed by atoms with van der Waals surface area (Å²) in [7, 11) is 1.35. The number of halogens is 1. The van der Waals surface area contributed by atoms with Crippen LogP contribution < -0.4 is 0 Å². The second-order valence-corrected chi connectivity index (χ2v) is 6.94. The Bertz CT molecular complexity index is 685. The van der Waals surface area contributed by atoms with Crippen molar-refractivity contribution in [1.82, 2.24) is 4.90 Å². The van der Waals surface area contributed by atoms with Gasteiger partial charge in [-0.15, -0.1) is 0 Å². The number of methoxy groups -OCH3 is 1. The SMILES string of the molecule is COC(=O)C1CCN(C(=O)C(C)OC(=O)C(C)Cc2cccc(F)c2)CC1. The molecular formula is C20H26FNO5. The number of amides is 1. The van der Waals surface area contributed by atoms with Gasteiger partial charge in [-0.05, 0) is 43.9 Å². The van der Waals surface area contributed by atoms with E-state index in [9.17, 15) is 18.8 Å². The number of ether oxygens (including phenoxy) is 2. The third-order valence-corrected chi connectivity index (χ3v) is 4.82. The van der Waals surface area contributed by atoms with Crippen molar-refractivity contribution in [3.8, 4) is 0 Å². The number of piperidine rings is 1. The van der Waals surface area contributed by atoms with Gasteiger partial charge in [-0.1, -0.05) is 19.1 Å². The van der Waals surface area contributed by atoms with Gasteiger partial charge in [-0.25, -0.2) is 4.39 Å². The van der Waals surface area contributed by atoms with E-state index in [1.54, 1.807) is 30.9 Å². The molecule has 1 amide bonds. The van der Waals surface area contributed by atoms with Crippen molar-refractivity contribution in [3.63, 3.8) is 0 Å². The highest BCUT2D eigenvalue weighted by Gasteiger charge is 2.31. The van der Waals surface area contributed by atoms with Gasteiger partial charge in [-0.2, -0.15) is 0 Å². The summed E-state index contributed by atoms with van der Waals surface area (Å²) in [5, 5.41) is 0. The van der Waals surface area contributed by atoms with Gasteiger partial charge in [0, 0.05) is 13.1 Å². The molecule has 2 rings (SSSR count). The second kappa shape index (κ2) is 9.48. The van der Waals surface area contributed by atoms with E-state index >= 15 is 0 Å². The van der Waals surface area contributed by atoms with Crippen LogP contribution in [0.4, 0.5) is 4.39 Å². The van der Waals surface area contributed by atoms with Crippen LogP contribution in [0.3, 0.4) is 0 Å². The van der Waals surface area contributed by atoms with E-state index in [0.29, 0.717) is 37.9 Å². The molecule has 0 spiro atoms. The fraction of sp³-hybridized carbons (Fsp3) is 0.550. The maximum atomic E-state index is 13.2. The Kier molecular flexibility index (Phi) is 7.33. The lowest BCUT2D eigenvalue weighted by molar-refractivity contribution is -0.163. The molecular weight excluding hydrogens is 353 g/mol. The summed E-state index contributed by atoms with van der Waals surface area (Å²) in [5.74, 6) is -2.07. The Hall–Kier alpha value is -2.44. The van der Waals surface area contributed by atoms with Gasteiger partial charge in [-0.3, -0.25) is 14.4 Å². The van der Waals surface area contributed by atoms with Gasteiger partial charge >= 0.3 is 11.9 Å². The van der Waals surface area contributed by atoms with Crippen LogP contribution in [0.1, 0.15) is 32.3 Å². The highest BCUT2D eigenvalue weighted by molar-refractivity contribution is 5.84. The fourth-order valence-electron chi connectivity index (χ4n) is 3.20. The van der Waals surface area contributed by atoms with Crippen molar-refractivity contribution in [2.45, 2.75) is 39.2 Å². The molecule has 6 nitrogen and oxygen atoms in total. The van der Waals surface area contributed by atoms with Crippen molar-refractivity contribution >= 4 is 17.8 Å². The average molecular weight is 379 g/mol. The molecule has 2 unspecified atom stereocenters. The smallest absolute Gasteiger partial charge is 0.309 e. The normalized spacial score (nSPS) is 17.1. The molecule has 2 atom stereocenters. The first-order chi connectivity index (χ1) is 12.8. The highest BCUT2D eigenvalue weighted by atomic mass is 19.1. The summed E-state index contributed by atoms with van der Waals surface area (Å²) in [6.45, 7) is 4.09. The largest absolute Gasteiger partial charge is 0.469 e. The van der Waals surface area contributed by atoms with E-state index in [1.165, 1.54) is 19.2 Å². The molecule has 7 heteroatoms. The molecule has 27 heavy (non-hydrogen) atoms. The number of nitrogens with zero attached hydrogens (tertiary/aromatic N) is 1. The molecule has 0 N–H and O–H groups in total. The van der Waals surface area contributed by atoms with Crippen molar-refractivity contribution in [2.24, 2.45) is 11.8 Å². The average Bonchev–Trinajstić information content (AvgIpc) is 2.66. The molecule has 0 radical (unpaired) electrons. The van der Waals surface area contributed by atoms with Gasteiger partial charge < -0.3 is 14.4 Å². The number of carbonyl (C=O) groups is 3. The molecule has 0 saturated carbocycles. The van der Waals surface area contributed by atoms with E-state index in [4.69, 9.17) is 9.47 Å². The number of likely N-dealkylation sites (tertiary alicyclic amines) is 1. The summed E-state index contributed by atoms with van der Waals surface area (Å²) >= 11 is 0. The lowest BCUT2D eigenvalue weighted by atomic mass is 9.97. The molecule has 0 aliphatic carbocycles. The van der Waals surface area contributed by atoms with Gasteiger partial charge in [0.15, 0.2) is 6.10 Å². The Morgan fingerprint density at radius 2 is 1.89 bits per heavy atom. The standard InChI is InChI=1S/C20H26FNO5/c1-13(11-15-5-4-6-17(21)12-15)19(24)27-14(2)18(23)22-9-7-16(8-10-22)20(25)26-3/h4-6,12-14,16H,7-11H2,1-3H3. The van der Waals surface area contributed by atoms with Crippen LogP contribution in [0.2, 0.25) is 0 Å². The molecule has 1 fully saturated rings. The van der Waals surface area contributed by atoms with E-state index in [0.717, 1.165) is 0 Å². The molecule has 1 heterocycles. The Morgan fingerprint density at radius 3 is 2.48 bits per heavy atom. The zero-order chi connectivity index (χ0) is 20.0. The molecule has 148 valence electrons. The minimum atomic E-state index is -0.901. The van der Waals surface area contributed by atoms with Crippen LogP contribution in [0, 0.1) is 17.7 Å². The number of esters is 2. The van der Waals surface area contributed by atoms with Crippen LogP contribution in [0.5, 0.6) is 0 Å². The molecule has 0 bridgehead atoms. The van der Waals surface area contributed by atoms with E-state index < -0.39 is 18.0 Å². The maximum Gasteiger partial charge on any atom is 0.309 e. The molecule has 1 aromatic carbocycles. The zero-order valence-corrected chi connectivity index (χ0v) is 15.9. The molecule has 1 aromatic rings. The van der Waals surface area contributed by atoms with Gasteiger partial charge in [0.25, 0.3) is 5.91 Å². The topological polar surface area (TPSA) is 72.9 Å². The maximum absolute atomic E-state index is 13.2. The first kappa shape index (κ1) is 20.9. The van der Waals surface area contributed by atoms with E-state index in [-0.39, 0.29) is 23.6 Å². The predicted octanol–water partition coefficient (Wildman–Crippen LogP) is 2.35. The monoisotopic (exact) mass is 379 g/mol. The third kappa shape index (κ3) is 5.77. The molecule has 1 aliphatic heterocycles. The molecule has 0 aromatic heterocycles. The molecule has 1 saturated heterocycles. The number of hydrogen-bond donors (Lipinski definition) is 0. The number of rotatable bonds is 6. The summed E-state index contributed by atoms with van der Waals surface area (Å²) in [6, 6.07) is 6.06. The third-order valence-electron chi connectivity index (χ3n) is 4.82. The Morgan fingerprint density at radius 1 is 1.22 bits per heavy atom. The van der Waals surface area contributed by atoms with Crippen molar-refractivity contribution < 1.29 is 28.2 Å². The van der Waals surface area contributed by atoms with Gasteiger partial charge in [0.2, 0.25) is 0 Å².